The number of nitrogens with one attached hydrogen (secondary N) is 1. The topological polar surface area (TPSA) is 73.3 Å². The van der Waals surface area contributed by atoms with Gasteiger partial charge in [0.2, 0.25) is 0 Å². The normalized spacial score (nSPS) is 15.7. The fourth-order valence-corrected chi connectivity index (χ4v) is 4.86. The minimum atomic E-state index is -0.205. The number of aryl methyl sites for hydroxylation is 1. The number of ether oxygens (including phenoxy) is 2. The molecule has 0 saturated carbocycles. The molecule has 2 aromatic heterocycles. The van der Waals surface area contributed by atoms with Gasteiger partial charge in [-0.05, 0) is 43.4 Å². The molecule has 0 unspecified atom stereocenters. The third-order valence-corrected chi connectivity index (χ3v) is 6.36. The third-order valence-electron chi connectivity index (χ3n) is 4.69. The SMILES string of the molecule is COc1cc(C(=O)Nc2nc3c(s2)C[C@@H](C)CC3)ccc1OCc1cscn1. The molecule has 3 aromatic rings. The number of thiazole rings is 2. The average molecular weight is 416 g/mol. The van der Waals surface area contributed by atoms with Gasteiger partial charge >= 0.3 is 0 Å². The molecule has 0 bridgehead atoms. The summed E-state index contributed by atoms with van der Waals surface area (Å²) in [4.78, 5) is 22.7. The highest BCUT2D eigenvalue weighted by Crippen LogP contribution is 2.33. The summed E-state index contributed by atoms with van der Waals surface area (Å²) in [6, 6.07) is 5.15. The molecule has 0 spiro atoms. The van der Waals surface area contributed by atoms with Crippen molar-refractivity contribution >= 4 is 33.7 Å². The van der Waals surface area contributed by atoms with Crippen LogP contribution in [0.25, 0.3) is 0 Å². The summed E-state index contributed by atoms with van der Waals surface area (Å²) in [6.45, 7) is 2.61. The molecule has 0 aliphatic heterocycles. The largest absolute Gasteiger partial charge is 0.493 e. The van der Waals surface area contributed by atoms with Crippen molar-refractivity contribution in [2.45, 2.75) is 32.8 Å². The van der Waals surface area contributed by atoms with Crippen LogP contribution in [0.4, 0.5) is 5.13 Å². The fourth-order valence-electron chi connectivity index (χ4n) is 3.15. The Kier molecular flexibility index (Phi) is 5.59. The summed E-state index contributed by atoms with van der Waals surface area (Å²) in [5.41, 5.74) is 4.25. The van der Waals surface area contributed by atoms with Gasteiger partial charge < -0.3 is 9.47 Å². The molecule has 1 N–H and O–H groups in total. The zero-order valence-electron chi connectivity index (χ0n) is 15.7. The standard InChI is InChI=1S/C20H21N3O3S2/c1-12-3-5-15-18(7-12)28-20(22-15)23-19(24)13-4-6-16(17(8-13)25-2)26-9-14-10-27-11-21-14/h4,6,8,10-12H,3,5,7,9H2,1-2H3,(H,22,23,24)/t12-/m0/s1. The number of rotatable bonds is 6. The van der Waals surface area contributed by atoms with Gasteiger partial charge in [0, 0.05) is 15.8 Å². The molecule has 1 atom stereocenters. The molecule has 1 aliphatic carbocycles. The predicted molar refractivity (Wildman–Crippen MR) is 111 cm³/mol. The molecular formula is C20H21N3O3S2. The van der Waals surface area contributed by atoms with Crippen LogP contribution in [0.3, 0.4) is 0 Å². The number of hydrogen-bond acceptors (Lipinski definition) is 7. The Hall–Kier alpha value is -2.45. The summed E-state index contributed by atoms with van der Waals surface area (Å²) < 4.78 is 11.2. The first-order chi connectivity index (χ1) is 13.6. The second-order valence-corrected chi connectivity index (χ2v) is 8.63. The Balaban J connectivity index is 1.45. The number of aromatic nitrogens is 2. The Morgan fingerprint density at radius 3 is 3.04 bits per heavy atom. The van der Waals surface area contributed by atoms with Crippen LogP contribution in [0.5, 0.6) is 11.5 Å². The summed E-state index contributed by atoms with van der Waals surface area (Å²) in [5.74, 6) is 1.56. The maximum Gasteiger partial charge on any atom is 0.257 e. The first kappa shape index (κ1) is 18.9. The third kappa shape index (κ3) is 4.18. The van der Waals surface area contributed by atoms with Crippen molar-refractivity contribution in [2.24, 2.45) is 5.92 Å². The van der Waals surface area contributed by atoms with Gasteiger partial charge in [-0.3, -0.25) is 10.1 Å². The molecule has 1 amide bonds. The van der Waals surface area contributed by atoms with Gasteiger partial charge in [-0.25, -0.2) is 9.97 Å². The van der Waals surface area contributed by atoms with E-state index >= 15 is 0 Å². The maximum absolute atomic E-state index is 12.7. The van der Waals surface area contributed by atoms with E-state index < -0.39 is 0 Å². The van der Waals surface area contributed by atoms with Crippen molar-refractivity contribution in [3.05, 3.63) is 50.9 Å². The molecule has 28 heavy (non-hydrogen) atoms. The number of benzene rings is 1. The monoisotopic (exact) mass is 415 g/mol. The molecule has 1 aromatic carbocycles. The highest BCUT2D eigenvalue weighted by atomic mass is 32.1. The van der Waals surface area contributed by atoms with Crippen molar-refractivity contribution in [1.82, 2.24) is 9.97 Å². The van der Waals surface area contributed by atoms with Crippen molar-refractivity contribution in [3.63, 3.8) is 0 Å². The molecule has 146 valence electrons. The van der Waals surface area contributed by atoms with Gasteiger partial charge in [0.1, 0.15) is 6.61 Å². The molecular weight excluding hydrogens is 394 g/mol. The Morgan fingerprint density at radius 2 is 2.25 bits per heavy atom. The molecule has 4 rings (SSSR count). The van der Waals surface area contributed by atoms with Gasteiger partial charge in [0.15, 0.2) is 16.6 Å². The Morgan fingerprint density at radius 1 is 1.36 bits per heavy atom. The summed E-state index contributed by atoms with van der Waals surface area (Å²) in [6.07, 6.45) is 3.19. The fraction of sp³-hybridized carbons (Fsp3) is 0.350. The first-order valence-corrected chi connectivity index (χ1v) is 10.9. The van der Waals surface area contributed by atoms with E-state index in [2.05, 4.69) is 22.2 Å². The number of methoxy groups -OCH3 is 1. The van der Waals surface area contributed by atoms with E-state index in [-0.39, 0.29) is 5.91 Å². The number of hydrogen-bond donors (Lipinski definition) is 1. The van der Waals surface area contributed by atoms with Gasteiger partial charge in [-0.15, -0.1) is 22.7 Å². The van der Waals surface area contributed by atoms with Gasteiger partial charge in [-0.1, -0.05) is 6.92 Å². The molecule has 0 fully saturated rings. The van der Waals surface area contributed by atoms with Crippen LogP contribution >= 0.6 is 22.7 Å². The van der Waals surface area contributed by atoms with Gasteiger partial charge in [0.05, 0.1) is 24.0 Å². The number of nitrogens with zero attached hydrogens (tertiary/aromatic N) is 2. The lowest BCUT2D eigenvalue weighted by Crippen LogP contribution is -2.12. The van der Waals surface area contributed by atoms with E-state index in [1.54, 1.807) is 42.2 Å². The Labute approximate surface area is 171 Å². The molecule has 6 nitrogen and oxygen atoms in total. The Bertz CT molecular complexity index is 969. The number of carbonyl (C=O) groups is 1. The molecule has 0 saturated heterocycles. The average Bonchev–Trinajstić information content (AvgIpc) is 3.35. The second kappa shape index (κ2) is 8.28. The lowest BCUT2D eigenvalue weighted by Gasteiger charge is -2.15. The van der Waals surface area contributed by atoms with E-state index in [9.17, 15) is 4.79 Å². The van der Waals surface area contributed by atoms with Gasteiger partial charge in [0.25, 0.3) is 5.91 Å². The van der Waals surface area contributed by atoms with E-state index in [4.69, 9.17) is 9.47 Å². The van der Waals surface area contributed by atoms with Crippen LogP contribution in [-0.2, 0) is 19.4 Å². The van der Waals surface area contributed by atoms with E-state index in [1.807, 2.05) is 5.38 Å². The number of anilines is 1. The van der Waals surface area contributed by atoms with Crippen LogP contribution in [0, 0.1) is 5.92 Å². The molecule has 1 aliphatic rings. The van der Waals surface area contributed by atoms with Crippen LogP contribution in [-0.4, -0.2) is 23.0 Å². The van der Waals surface area contributed by atoms with E-state index in [1.165, 1.54) is 16.2 Å². The smallest absolute Gasteiger partial charge is 0.257 e. The first-order valence-electron chi connectivity index (χ1n) is 9.10. The van der Waals surface area contributed by atoms with E-state index in [0.717, 1.165) is 30.7 Å². The van der Waals surface area contributed by atoms with Crippen LogP contribution < -0.4 is 14.8 Å². The number of fused-ring (bicyclic) bond motifs is 1. The van der Waals surface area contributed by atoms with E-state index in [0.29, 0.717) is 34.7 Å². The molecule has 8 heteroatoms. The molecule has 0 radical (unpaired) electrons. The lowest BCUT2D eigenvalue weighted by atomic mass is 9.93. The van der Waals surface area contributed by atoms with Gasteiger partial charge in [-0.2, -0.15) is 0 Å². The summed E-state index contributed by atoms with van der Waals surface area (Å²) >= 11 is 3.10. The zero-order chi connectivity index (χ0) is 19.5. The van der Waals surface area contributed by atoms with Crippen LogP contribution in [0.15, 0.2) is 29.1 Å². The second-order valence-electron chi connectivity index (χ2n) is 6.83. The lowest BCUT2D eigenvalue weighted by molar-refractivity contribution is 0.102. The van der Waals surface area contributed by atoms with Crippen molar-refractivity contribution in [3.8, 4) is 11.5 Å². The highest BCUT2D eigenvalue weighted by Gasteiger charge is 2.21. The minimum Gasteiger partial charge on any atom is -0.493 e. The zero-order valence-corrected chi connectivity index (χ0v) is 17.4. The number of amides is 1. The summed E-state index contributed by atoms with van der Waals surface area (Å²) in [5, 5.41) is 5.51. The highest BCUT2D eigenvalue weighted by molar-refractivity contribution is 7.15. The predicted octanol–water partition coefficient (Wildman–Crippen LogP) is 4.56. The van der Waals surface area contributed by atoms with Crippen molar-refractivity contribution in [2.75, 3.05) is 12.4 Å². The van der Waals surface area contributed by atoms with Crippen molar-refractivity contribution in [1.29, 1.82) is 0 Å². The maximum atomic E-state index is 12.7. The van der Waals surface area contributed by atoms with Crippen LogP contribution in [0.2, 0.25) is 0 Å². The quantitative estimate of drug-likeness (QED) is 0.639. The van der Waals surface area contributed by atoms with Crippen molar-refractivity contribution < 1.29 is 14.3 Å². The minimum absolute atomic E-state index is 0.205. The van der Waals surface area contributed by atoms with Crippen LogP contribution in [0.1, 0.15) is 40.0 Å². The molecule has 2 heterocycles. The summed E-state index contributed by atoms with van der Waals surface area (Å²) in [7, 11) is 1.56. The number of carbonyl (C=O) groups excluding carboxylic acids is 1.